The molecule has 2 N–H and O–H groups in total. The third-order valence-electron chi connectivity index (χ3n) is 2.92. The van der Waals surface area contributed by atoms with Gasteiger partial charge in [0.1, 0.15) is 0 Å². The van der Waals surface area contributed by atoms with E-state index in [-0.39, 0.29) is 18.6 Å². The Balaban J connectivity index is 4.25. The van der Waals surface area contributed by atoms with Gasteiger partial charge in [-0.2, -0.15) is 0 Å². The van der Waals surface area contributed by atoms with E-state index in [0.717, 1.165) is 19.3 Å². The summed E-state index contributed by atoms with van der Waals surface area (Å²) >= 11 is 0. The average molecular weight is 274 g/mol. The lowest BCUT2D eigenvalue weighted by molar-refractivity contribution is -0.141. The van der Waals surface area contributed by atoms with Crippen LogP contribution in [0.15, 0.2) is 0 Å². The fourth-order valence-corrected chi connectivity index (χ4v) is 1.71. The van der Waals surface area contributed by atoms with Crippen molar-refractivity contribution < 1.29 is 19.4 Å². The number of carbonyl (C=O) groups is 2. The van der Waals surface area contributed by atoms with Crippen molar-refractivity contribution in [3.8, 4) is 0 Å². The minimum absolute atomic E-state index is 0.0277. The summed E-state index contributed by atoms with van der Waals surface area (Å²) in [5.74, 6) is -1.48. The summed E-state index contributed by atoms with van der Waals surface area (Å²) in [4.78, 5) is 24.1. The van der Waals surface area contributed by atoms with Crippen molar-refractivity contribution in [2.45, 2.75) is 39.2 Å². The number of nitrogens with zero attached hydrogens (tertiary/aromatic N) is 1. The van der Waals surface area contributed by atoms with Crippen molar-refractivity contribution in [2.24, 2.45) is 5.92 Å². The molecule has 0 rings (SSSR count). The van der Waals surface area contributed by atoms with E-state index in [4.69, 9.17) is 9.84 Å². The van der Waals surface area contributed by atoms with Crippen LogP contribution in [0.2, 0.25) is 0 Å². The first-order valence-electron chi connectivity index (χ1n) is 6.65. The quantitative estimate of drug-likeness (QED) is 0.668. The molecule has 2 unspecified atom stereocenters. The molecule has 0 heterocycles. The number of carboxylic acids is 1. The molecular weight excluding hydrogens is 248 g/mol. The topological polar surface area (TPSA) is 78.9 Å². The van der Waals surface area contributed by atoms with Crippen LogP contribution in [0.3, 0.4) is 0 Å². The highest BCUT2D eigenvalue weighted by Crippen LogP contribution is 2.03. The van der Waals surface area contributed by atoms with Crippen LogP contribution in [0.25, 0.3) is 0 Å². The third kappa shape index (κ3) is 7.66. The van der Waals surface area contributed by atoms with Gasteiger partial charge in [-0.1, -0.05) is 26.7 Å². The summed E-state index contributed by atoms with van der Waals surface area (Å²) in [5.41, 5.74) is 0. The molecular formula is C13H26N2O4. The first-order valence-corrected chi connectivity index (χ1v) is 6.65. The number of aliphatic carboxylic acids is 1. The second kappa shape index (κ2) is 9.61. The summed E-state index contributed by atoms with van der Waals surface area (Å²) in [6.07, 6.45) is 2.93. The van der Waals surface area contributed by atoms with Crippen molar-refractivity contribution in [2.75, 3.05) is 27.3 Å². The van der Waals surface area contributed by atoms with Gasteiger partial charge >= 0.3 is 12.0 Å². The van der Waals surface area contributed by atoms with Crippen LogP contribution in [-0.2, 0) is 9.53 Å². The van der Waals surface area contributed by atoms with Crippen LogP contribution in [-0.4, -0.2) is 55.4 Å². The lowest BCUT2D eigenvalue weighted by atomic mass is 10.1. The fraction of sp³-hybridized carbons (Fsp3) is 0.846. The predicted octanol–water partition coefficient (Wildman–Crippen LogP) is 1.55. The SMILES string of the molecule is CCCCC(COC)NC(=O)N(C)CC(C)C(=O)O. The van der Waals surface area contributed by atoms with Crippen LogP contribution in [0.4, 0.5) is 4.79 Å². The van der Waals surface area contributed by atoms with E-state index in [2.05, 4.69) is 12.2 Å². The molecule has 0 saturated heterocycles. The summed E-state index contributed by atoms with van der Waals surface area (Å²) in [7, 11) is 3.19. The third-order valence-corrected chi connectivity index (χ3v) is 2.92. The Morgan fingerprint density at radius 3 is 2.53 bits per heavy atom. The molecule has 0 saturated carbocycles. The van der Waals surface area contributed by atoms with E-state index in [1.807, 2.05) is 0 Å². The van der Waals surface area contributed by atoms with Gasteiger partial charge in [0.05, 0.1) is 18.6 Å². The Labute approximate surface area is 115 Å². The fourth-order valence-electron chi connectivity index (χ4n) is 1.71. The van der Waals surface area contributed by atoms with E-state index >= 15 is 0 Å². The van der Waals surface area contributed by atoms with Crippen LogP contribution in [0.5, 0.6) is 0 Å². The first kappa shape index (κ1) is 17.7. The van der Waals surface area contributed by atoms with Crippen LogP contribution < -0.4 is 5.32 Å². The van der Waals surface area contributed by atoms with Gasteiger partial charge in [-0.3, -0.25) is 4.79 Å². The molecule has 0 spiro atoms. The number of amides is 2. The molecule has 0 aromatic rings. The zero-order valence-electron chi connectivity index (χ0n) is 12.3. The molecule has 0 aromatic carbocycles. The first-order chi connectivity index (χ1) is 8.92. The van der Waals surface area contributed by atoms with Gasteiger partial charge in [-0.25, -0.2) is 4.79 Å². The highest BCUT2D eigenvalue weighted by molar-refractivity contribution is 5.75. The average Bonchev–Trinajstić information content (AvgIpc) is 2.35. The van der Waals surface area contributed by atoms with Gasteiger partial charge in [-0.05, 0) is 6.42 Å². The Morgan fingerprint density at radius 1 is 1.42 bits per heavy atom. The van der Waals surface area contributed by atoms with Gasteiger partial charge in [0.2, 0.25) is 0 Å². The predicted molar refractivity (Wildman–Crippen MR) is 73.2 cm³/mol. The second-order valence-corrected chi connectivity index (χ2v) is 4.86. The Hall–Kier alpha value is -1.30. The van der Waals surface area contributed by atoms with Crippen LogP contribution in [0.1, 0.15) is 33.1 Å². The Kier molecular flexibility index (Phi) is 8.95. The number of carboxylic acid groups (broad SMARTS) is 1. The highest BCUT2D eigenvalue weighted by Gasteiger charge is 2.19. The van der Waals surface area contributed by atoms with Gasteiger partial charge in [-0.15, -0.1) is 0 Å². The largest absolute Gasteiger partial charge is 0.481 e. The zero-order chi connectivity index (χ0) is 14.8. The molecule has 2 amide bonds. The number of hydrogen-bond acceptors (Lipinski definition) is 3. The minimum Gasteiger partial charge on any atom is -0.481 e. The van der Waals surface area contributed by atoms with E-state index < -0.39 is 11.9 Å². The van der Waals surface area contributed by atoms with Gasteiger partial charge in [0.15, 0.2) is 0 Å². The number of ether oxygens (including phenoxy) is 1. The summed E-state index contributed by atoms with van der Waals surface area (Å²) in [6, 6.07) is -0.286. The molecule has 0 fully saturated rings. The lowest BCUT2D eigenvalue weighted by Crippen LogP contribution is -2.46. The summed E-state index contributed by atoms with van der Waals surface area (Å²) in [6.45, 7) is 4.32. The Morgan fingerprint density at radius 2 is 2.05 bits per heavy atom. The zero-order valence-corrected chi connectivity index (χ0v) is 12.3. The number of carbonyl (C=O) groups excluding carboxylic acids is 1. The molecule has 0 bridgehead atoms. The lowest BCUT2D eigenvalue weighted by Gasteiger charge is -2.24. The molecule has 6 heteroatoms. The maximum atomic E-state index is 11.9. The van der Waals surface area contributed by atoms with Crippen LogP contribution >= 0.6 is 0 Å². The van der Waals surface area contributed by atoms with Crippen molar-refractivity contribution in [3.05, 3.63) is 0 Å². The molecule has 2 atom stereocenters. The molecule has 6 nitrogen and oxygen atoms in total. The highest BCUT2D eigenvalue weighted by atomic mass is 16.5. The summed E-state index contributed by atoms with van der Waals surface area (Å²) in [5, 5.41) is 11.7. The van der Waals surface area contributed by atoms with E-state index in [9.17, 15) is 9.59 Å². The van der Waals surface area contributed by atoms with Crippen molar-refractivity contribution >= 4 is 12.0 Å². The summed E-state index contributed by atoms with van der Waals surface area (Å²) < 4.78 is 5.07. The molecule has 0 aliphatic rings. The van der Waals surface area contributed by atoms with E-state index in [0.29, 0.717) is 6.61 Å². The normalized spacial score (nSPS) is 13.7. The molecule has 19 heavy (non-hydrogen) atoms. The molecule has 0 aliphatic carbocycles. The maximum absolute atomic E-state index is 11.9. The van der Waals surface area contributed by atoms with Gasteiger partial charge in [0, 0.05) is 20.7 Å². The standard InChI is InChI=1S/C13H26N2O4/c1-5-6-7-11(9-19-4)14-13(18)15(3)8-10(2)12(16)17/h10-11H,5-9H2,1-4H3,(H,14,18)(H,16,17). The molecule has 0 aliphatic heterocycles. The maximum Gasteiger partial charge on any atom is 0.317 e. The Bertz CT molecular complexity index is 284. The van der Waals surface area contributed by atoms with Crippen molar-refractivity contribution in [1.29, 1.82) is 0 Å². The van der Waals surface area contributed by atoms with Crippen molar-refractivity contribution in [3.63, 3.8) is 0 Å². The monoisotopic (exact) mass is 274 g/mol. The minimum atomic E-state index is -0.904. The number of nitrogens with one attached hydrogen (secondary N) is 1. The number of urea groups is 1. The second-order valence-electron chi connectivity index (χ2n) is 4.86. The van der Waals surface area contributed by atoms with Crippen molar-refractivity contribution in [1.82, 2.24) is 10.2 Å². The number of rotatable bonds is 9. The molecule has 112 valence electrons. The molecule has 0 radical (unpaired) electrons. The van der Waals surface area contributed by atoms with E-state index in [1.54, 1.807) is 21.1 Å². The number of hydrogen-bond donors (Lipinski definition) is 2. The number of methoxy groups -OCH3 is 1. The van der Waals surface area contributed by atoms with Crippen LogP contribution in [0, 0.1) is 5.92 Å². The van der Waals surface area contributed by atoms with E-state index in [1.165, 1.54) is 4.90 Å². The smallest absolute Gasteiger partial charge is 0.317 e. The van der Waals surface area contributed by atoms with Gasteiger partial charge < -0.3 is 20.1 Å². The number of unbranched alkanes of at least 4 members (excludes halogenated alkanes) is 1. The van der Waals surface area contributed by atoms with Gasteiger partial charge in [0.25, 0.3) is 0 Å². The molecule has 0 aromatic heterocycles.